The van der Waals surface area contributed by atoms with Gasteiger partial charge in [0.1, 0.15) is 4.83 Å². The first-order valence-corrected chi connectivity index (χ1v) is 13.4. The molecule has 0 radical (unpaired) electrons. The first-order valence-electron chi connectivity index (χ1n) is 11.7. The summed E-state index contributed by atoms with van der Waals surface area (Å²) in [4.78, 5) is 33.5. The molecule has 0 saturated heterocycles. The third-order valence-corrected chi connectivity index (χ3v) is 8.55. The Kier molecular flexibility index (Phi) is 7.72. The number of aryl methyl sites for hydroxylation is 2. The van der Waals surface area contributed by atoms with Gasteiger partial charge in [0.2, 0.25) is 5.91 Å². The molecule has 0 spiro atoms. The number of nitrogens with one attached hydrogen (secondary N) is 1. The highest BCUT2D eigenvalue weighted by Crippen LogP contribution is 2.38. The summed E-state index contributed by atoms with van der Waals surface area (Å²) in [5, 5.41) is 4.24. The molecule has 170 valence electrons. The van der Waals surface area contributed by atoms with Crippen LogP contribution in [-0.4, -0.2) is 40.5 Å². The number of rotatable bonds is 9. The van der Waals surface area contributed by atoms with E-state index in [1.54, 1.807) is 11.3 Å². The van der Waals surface area contributed by atoms with Crippen LogP contribution in [0.4, 0.5) is 0 Å². The molecule has 0 aromatic carbocycles. The van der Waals surface area contributed by atoms with Gasteiger partial charge in [0.15, 0.2) is 5.16 Å². The van der Waals surface area contributed by atoms with Crippen molar-refractivity contribution in [1.29, 1.82) is 0 Å². The second kappa shape index (κ2) is 10.5. The largest absolute Gasteiger partial charge is 0.382 e. The standard InChI is InChI=1S/C23H33N3O3S2/c1-3-29-14-8-13-24-20(27)15(2)30-23-25-21-19(17-11-6-7-12-18(17)31-21)22(28)26(23)16-9-4-5-10-16/h15-16H,3-14H2,1-2H3,(H,24,27). The van der Waals surface area contributed by atoms with Gasteiger partial charge in [-0.2, -0.15) is 0 Å². The maximum absolute atomic E-state index is 13.7. The minimum Gasteiger partial charge on any atom is -0.382 e. The van der Waals surface area contributed by atoms with Crippen LogP contribution in [0.3, 0.4) is 0 Å². The molecule has 2 aliphatic rings. The molecule has 6 nitrogen and oxygen atoms in total. The predicted octanol–water partition coefficient (Wildman–Crippen LogP) is 4.48. The second-order valence-corrected chi connectivity index (χ2v) is 10.9. The lowest BCUT2D eigenvalue weighted by atomic mass is 9.97. The van der Waals surface area contributed by atoms with Crippen LogP contribution in [0.15, 0.2) is 9.95 Å². The molecular formula is C23H33N3O3S2. The minimum absolute atomic E-state index is 0.0145. The summed E-state index contributed by atoms with van der Waals surface area (Å²) in [6.07, 6.45) is 9.53. The highest BCUT2D eigenvalue weighted by atomic mass is 32.2. The quantitative estimate of drug-likeness (QED) is 0.337. The molecule has 2 aromatic rings. The number of amides is 1. The van der Waals surface area contributed by atoms with Crippen LogP contribution >= 0.6 is 23.1 Å². The van der Waals surface area contributed by atoms with E-state index in [9.17, 15) is 9.59 Å². The zero-order valence-corrected chi connectivity index (χ0v) is 20.2. The summed E-state index contributed by atoms with van der Waals surface area (Å²) in [6.45, 7) is 5.82. The van der Waals surface area contributed by atoms with Crippen LogP contribution in [0.5, 0.6) is 0 Å². The lowest BCUT2D eigenvalue weighted by Crippen LogP contribution is -2.33. The number of ether oxygens (including phenoxy) is 1. The van der Waals surface area contributed by atoms with Crippen molar-refractivity contribution in [3.05, 3.63) is 20.8 Å². The maximum atomic E-state index is 13.7. The highest BCUT2D eigenvalue weighted by Gasteiger charge is 2.28. The van der Waals surface area contributed by atoms with Crippen LogP contribution in [-0.2, 0) is 22.4 Å². The third kappa shape index (κ3) is 5.01. The smallest absolute Gasteiger partial charge is 0.263 e. The zero-order valence-electron chi connectivity index (χ0n) is 18.6. The molecule has 1 N–H and O–H groups in total. The van der Waals surface area contributed by atoms with Gasteiger partial charge in [0.25, 0.3) is 5.56 Å². The van der Waals surface area contributed by atoms with Crippen molar-refractivity contribution >= 4 is 39.2 Å². The van der Waals surface area contributed by atoms with Crippen LogP contribution in [0.1, 0.15) is 75.3 Å². The van der Waals surface area contributed by atoms with Crippen molar-refractivity contribution in [2.24, 2.45) is 0 Å². The monoisotopic (exact) mass is 463 g/mol. The lowest BCUT2D eigenvalue weighted by Gasteiger charge is -2.20. The van der Waals surface area contributed by atoms with Gasteiger partial charge in [-0.25, -0.2) is 4.98 Å². The van der Waals surface area contributed by atoms with E-state index in [1.807, 2.05) is 18.4 Å². The average molecular weight is 464 g/mol. The van der Waals surface area contributed by atoms with Crippen molar-refractivity contribution in [2.75, 3.05) is 19.8 Å². The zero-order chi connectivity index (χ0) is 21.8. The Bertz CT molecular complexity index is 979. The fourth-order valence-corrected chi connectivity index (χ4v) is 6.96. The summed E-state index contributed by atoms with van der Waals surface area (Å²) < 4.78 is 7.26. The Morgan fingerprint density at radius 3 is 2.84 bits per heavy atom. The Morgan fingerprint density at radius 2 is 2.06 bits per heavy atom. The van der Waals surface area contributed by atoms with Gasteiger partial charge in [0, 0.05) is 30.7 Å². The van der Waals surface area contributed by atoms with E-state index < -0.39 is 0 Å². The van der Waals surface area contributed by atoms with Gasteiger partial charge in [0.05, 0.1) is 10.6 Å². The molecule has 1 fully saturated rings. The number of fused-ring (bicyclic) bond motifs is 3. The first-order chi connectivity index (χ1) is 15.1. The van der Waals surface area contributed by atoms with Crippen molar-refractivity contribution in [1.82, 2.24) is 14.9 Å². The number of aromatic nitrogens is 2. The number of carbonyl (C=O) groups is 1. The molecule has 0 aliphatic heterocycles. The summed E-state index contributed by atoms with van der Waals surface area (Å²) in [6, 6.07) is 0.201. The van der Waals surface area contributed by atoms with Crippen molar-refractivity contribution in [3.63, 3.8) is 0 Å². The Balaban J connectivity index is 1.59. The molecule has 1 saturated carbocycles. The summed E-state index contributed by atoms with van der Waals surface area (Å²) in [5.41, 5.74) is 1.36. The number of thiophene rings is 1. The van der Waals surface area contributed by atoms with E-state index in [4.69, 9.17) is 9.72 Å². The summed E-state index contributed by atoms with van der Waals surface area (Å²) in [7, 11) is 0. The predicted molar refractivity (Wildman–Crippen MR) is 127 cm³/mol. The summed E-state index contributed by atoms with van der Waals surface area (Å²) >= 11 is 3.11. The molecule has 1 amide bonds. The van der Waals surface area contributed by atoms with Crippen molar-refractivity contribution < 1.29 is 9.53 Å². The molecule has 2 aliphatic carbocycles. The number of thioether (sulfide) groups is 1. The van der Waals surface area contributed by atoms with E-state index in [-0.39, 0.29) is 22.8 Å². The molecular weight excluding hydrogens is 430 g/mol. The molecule has 4 rings (SSSR count). The van der Waals surface area contributed by atoms with Gasteiger partial charge < -0.3 is 10.1 Å². The molecule has 1 atom stereocenters. The van der Waals surface area contributed by atoms with E-state index >= 15 is 0 Å². The van der Waals surface area contributed by atoms with Gasteiger partial charge >= 0.3 is 0 Å². The highest BCUT2D eigenvalue weighted by molar-refractivity contribution is 8.00. The average Bonchev–Trinajstić information content (AvgIpc) is 3.41. The van der Waals surface area contributed by atoms with Gasteiger partial charge in [-0.05, 0) is 64.4 Å². The Hall–Kier alpha value is -1.38. The molecule has 31 heavy (non-hydrogen) atoms. The normalized spacial score (nSPS) is 17.7. The first kappa shape index (κ1) is 22.8. The Morgan fingerprint density at radius 1 is 1.29 bits per heavy atom. The molecule has 1 unspecified atom stereocenters. The molecule has 2 aromatic heterocycles. The second-order valence-electron chi connectivity index (χ2n) is 8.50. The summed E-state index contributed by atoms with van der Waals surface area (Å²) in [5.74, 6) is -0.0145. The topological polar surface area (TPSA) is 73.2 Å². The van der Waals surface area contributed by atoms with Crippen LogP contribution < -0.4 is 10.9 Å². The minimum atomic E-state index is -0.307. The Labute approximate surface area is 192 Å². The number of hydrogen-bond acceptors (Lipinski definition) is 6. The van der Waals surface area contributed by atoms with Gasteiger partial charge in [-0.15, -0.1) is 11.3 Å². The van der Waals surface area contributed by atoms with E-state index in [0.717, 1.165) is 61.6 Å². The SMILES string of the molecule is CCOCCCNC(=O)C(C)Sc1nc2sc3c(c2c(=O)n1C1CCCC1)CCCC3. The lowest BCUT2D eigenvalue weighted by molar-refractivity contribution is -0.120. The van der Waals surface area contributed by atoms with Gasteiger partial charge in [-0.3, -0.25) is 14.2 Å². The van der Waals surface area contributed by atoms with Crippen LogP contribution in [0.25, 0.3) is 10.2 Å². The van der Waals surface area contributed by atoms with Crippen LogP contribution in [0, 0.1) is 0 Å². The third-order valence-electron chi connectivity index (χ3n) is 6.30. The van der Waals surface area contributed by atoms with E-state index in [1.165, 1.54) is 28.6 Å². The fraction of sp³-hybridized carbons (Fsp3) is 0.696. The molecule has 0 bridgehead atoms. The van der Waals surface area contributed by atoms with E-state index in [2.05, 4.69) is 5.32 Å². The van der Waals surface area contributed by atoms with Gasteiger partial charge in [-0.1, -0.05) is 24.6 Å². The number of carbonyl (C=O) groups excluding carboxylic acids is 1. The molecule has 8 heteroatoms. The van der Waals surface area contributed by atoms with Crippen molar-refractivity contribution in [2.45, 2.75) is 88.1 Å². The number of hydrogen-bond donors (Lipinski definition) is 1. The van der Waals surface area contributed by atoms with Crippen LogP contribution in [0.2, 0.25) is 0 Å². The van der Waals surface area contributed by atoms with Crippen molar-refractivity contribution in [3.8, 4) is 0 Å². The molecule has 2 heterocycles. The van der Waals surface area contributed by atoms with E-state index in [0.29, 0.717) is 24.9 Å². The number of nitrogens with zero attached hydrogens (tertiary/aromatic N) is 2. The maximum Gasteiger partial charge on any atom is 0.263 e. The fourth-order valence-electron chi connectivity index (χ4n) is 4.65.